The molecule has 0 atom stereocenters. The van der Waals surface area contributed by atoms with Crippen molar-refractivity contribution in [1.82, 2.24) is 4.83 Å². The third kappa shape index (κ3) is 4.95. The first-order chi connectivity index (χ1) is 11.8. The highest BCUT2D eigenvalue weighted by molar-refractivity contribution is 7.89. The van der Waals surface area contributed by atoms with E-state index in [0.717, 1.165) is 0 Å². The minimum Gasteiger partial charge on any atom is -0.504 e. The van der Waals surface area contributed by atoms with Gasteiger partial charge in [0.05, 0.1) is 18.2 Å². The van der Waals surface area contributed by atoms with E-state index in [4.69, 9.17) is 4.74 Å². The Labute approximate surface area is 145 Å². The van der Waals surface area contributed by atoms with E-state index in [0.29, 0.717) is 11.3 Å². The summed E-state index contributed by atoms with van der Waals surface area (Å²) in [6.45, 7) is 1.36. The quantitative estimate of drug-likeness (QED) is 0.533. The molecule has 0 aliphatic carbocycles. The number of aromatic hydroxyl groups is 1. The van der Waals surface area contributed by atoms with Crippen molar-refractivity contribution >= 4 is 27.8 Å². The number of benzene rings is 2. The maximum atomic E-state index is 12.2. The van der Waals surface area contributed by atoms with E-state index in [1.54, 1.807) is 6.07 Å². The molecule has 0 saturated heterocycles. The Kier molecular flexibility index (Phi) is 5.60. The maximum Gasteiger partial charge on any atom is 0.276 e. The number of ether oxygens (including phenoxy) is 1. The Morgan fingerprint density at radius 1 is 1.20 bits per heavy atom. The number of anilines is 1. The van der Waals surface area contributed by atoms with E-state index in [-0.39, 0.29) is 22.3 Å². The Morgan fingerprint density at radius 2 is 1.88 bits per heavy atom. The second kappa shape index (κ2) is 7.67. The Balaban J connectivity index is 2.09. The fourth-order valence-corrected chi connectivity index (χ4v) is 2.71. The summed E-state index contributed by atoms with van der Waals surface area (Å²) in [5.74, 6) is -0.0254. The normalized spacial score (nSPS) is 11.3. The van der Waals surface area contributed by atoms with Gasteiger partial charge in [-0.2, -0.15) is 13.5 Å². The van der Waals surface area contributed by atoms with Crippen molar-refractivity contribution in [3.63, 3.8) is 0 Å². The summed E-state index contributed by atoms with van der Waals surface area (Å²) in [7, 11) is -2.43. The molecule has 1 amide bonds. The summed E-state index contributed by atoms with van der Waals surface area (Å²) in [5.41, 5.74) is 1.03. The lowest BCUT2D eigenvalue weighted by atomic mass is 10.2. The number of nitrogens with one attached hydrogen (secondary N) is 2. The zero-order valence-electron chi connectivity index (χ0n) is 13.6. The molecule has 0 heterocycles. The lowest BCUT2D eigenvalue weighted by Crippen LogP contribution is -2.18. The van der Waals surface area contributed by atoms with Gasteiger partial charge in [0, 0.05) is 12.6 Å². The average molecular weight is 363 g/mol. The molecule has 0 aromatic heterocycles. The number of phenolic OH excluding ortho intramolecular Hbond substituents is 1. The van der Waals surface area contributed by atoms with E-state index in [2.05, 4.69) is 15.2 Å². The number of methoxy groups -OCH3 is 1. The van der Waals surface area contributed by atoms with Gasteiger partial charge in [-0.05, 0) is 48.0 Å². The van der Waals surface area contributed by atoms with Crippen molar-refractivity contribution in [2.45, 2.75) is 11.8 Å². The van der Waals surface area contributed by atoms with Crippen LogP contribution in [-0.4, -0.2) is 32.8 Å². The molecule has 0 aliphatic rings. The van der Waals surface area contributed by atoms with Crippen LogP contribution >= 0.6 is 0 Å². The Morgan fingerprint density at radius 3 is 2.48 bits per heavy atom. The minimum atomic E-state index is -3.84. The summed E-state index contributed by atoms with van der Waals surface area (Å²) in [6, 6.07) is 10.1. The SMILES string of the molecule is COc1cc(/C=N/NS(=O)(=O)c2ccc(NC(C)=O)cc2)ccc1O. The number of phenols is 1. The zero-order valence-corrected chi connectivity index (χ0v) is 14.4. The fourth-order valence-electron chi connectivity index (χ4n) is 1.92. The molecule has 2 rings (SSSR count). The average Bonchev–Trinajstić information content (AvgIpc) is 2.56. The van der Waals surface area contributed by atoms with Crippen LogP contribution < -0.4 is 14.9 Å². The number of hydrogen-bond donors (Lipinski definition) is 3. The molecule has 0 unspecified atom stereocenters. The van der Waals surface area contributed by atoms with Gasteiger partial charge in [-0.3, -0.25) is 4.79 Å². The fraction of sp³-hybridized carbons (Fsp3) is 0.125. The predicted octanol–water partition coefficient (Wildman–Crippen LogP) is 1.67. The largest absolute Gasteiger partial charge is 0.504 e. The number of nitrogens with zero attached hydrogens (tertiary/aromatic N) is 1. The lowest BCUT2D eigenvalue weighted by molar-refractivity contribution is -0.114. The summed E-state index contributed by atoms with van der Waals surface area (Å²) in [4.78, 5) is 13.0. The molecule has 0 saturated carbocycles. The zero-order chi connectivity index (χ0) is 18.4. The molecule has 0 spiro atoms. The third-order valence-corrected chi connectivity index (χ3v) is 4.31. The van der Waals surface area contributed by atoms with Gasteiger partial charge >= 0.3 is 0 Å². The van der Waals surface area contributed by atoms with Crippen molar-refractivity contribution < 1.29 is 23.1 Å². The van der Waals surface area contributed by atoms with Gasteiger partial charge in [0.1, 0.15) is 0 Å². The van der Waals surface area contributed by atoms with Gasteiger partial charge in [0.25, 0.3) is 10.0 Å². The minimum absolute atomic E-state index is 0.00189. The highest BCUT2D eigenvalue weighted by atomic mass is 32.2. The topological polar surface area (TPSA) is 117 Å². The molecule has 0 fully saturated rings. The smallest absolute Gasteiger partial charge is 0.276 e. The van der Waals surface area contributed by atoms with Crippen LogP contribution in [0.1, 0.15) is 12.5 Å². The van der Waals surface area contributed by atoms with Gasteiger partial charge in [-0.15, -0.1) is 0 Å². The lowest BCUT2D eigenvalue weighted by Gasteiger charge is -2.06. The van der Waals surface area contributed by atoms with Crippen LogP contribution in [0, 0.1) is 0 Å². The number of rotatable bonds is 6. The molecule has 0 radical (unpaired) electrons. The molecule has 25 heavy (non-hydrogen) atoms. The van der Waals surface area contributed by atoms with Crippen LogP contribution in [0.2, 0.25) is 0 Å². The standard InChI is InChI=1S/C16H17N3O5S/c1-11(20)18-13-4-6-14(7-5-13)25(22,23)19-17-10-12-3-8-15(21)16(9-12)24-2/h3-10,19,21H,1-2H3,(H,18,20)/b17-10+. The van der Waals surface area contributed by atoms with Gasteiger partial charge in [-0.25, -0.2) is 4.83 Å². The molecular formula is C16H17N3O5S. The van der Waals surface area contributed by atoms with E-state index < -0.39 is 10.0 Å². The molecular weight excluding hydrogens is 346 g/mol. The number of carbonyl (C=O) groups excluding carboxylic acids is 1. The maximum absolute atomic E-state index is 12.2. The van der Waals surface area contributed by atoms with Crippen LogP contribution in [0.15, 0.2) is 52.5 Å². The first-order valence-electron chi connectivity index (χ1n) is 7.11. The Hall–Kier alpha value is -3.07. The van der Waals surface area contributed by atoms with Gasteiger partial charge in [0.2, 0.25) is 5.91 Å². The van der Waals surface area contributed by atoms with Gasteiger partial charge < -0.3 is 15.2 Å². The number of hydrazone groups is 1. The second-order valence-electron chi connectivity index (χ2n) is 4.99. The first kappa shape index (κ1) is 18.3. The third-order valence-electron chi connectivity index (χ3n) is 3.08. The summed E-state index contributed by atoms with van der Waals surface area (Å²) >= 11 is 0. The number of carbonyl (C=O) groups is 1. The summed E-state index contributed by atoms with van der Waals surface area (Å²) < 4.78 is 29.3. The van der Waals surface area contributed by atoms with E-state index in [1.807, 2.05) is 0 Å². The first-order valence-corrected chi connectivity index (χ1v) is 8.59. The van der Waals surface area contributed by atoms with E-state index in [1.165, 1.54) is 56.6 Å². The van der Waals surface area contributed by atoms with Gasteiger partial charge in [-0.1, -0.05) is 0 Å². The highest BCUT2D eigenvalue weighted by Gasteiger charge is 2.12. The Bertz CT molecular complexity index is 892. The highest BCUT2D eigenvalue weighted by Crippen LogP contribution is 2.25. The molecule has 9 heteroatoms. The number of hydrogen-bond acceptors (Lipinski definition) is 6. The van der Waals surface area contributed by atoms with Crippen molar-refractivity contribution in [3.8, 4) is 11.5 Å². The second-order valence-corrected chi connectivity index (χ2v) is 6.65. The molecule has 132 valence electrons. The molecule has 2 aromatic carbocycles. The van der Waals surface area contributed by atoms with E-state index in [9.17, 15) is 18.3 Å². The van der Waals surface area contributed by atoms with Crippen LogP contribution in [0.4, 0.5) is 5.69 Å². The van der Waals surface area contributed by atoms with Crippen LogP contribution in [0.3, 0.4) is 0 Å². The molecule has 3 N–H and O–H groups in total. The molecule has 2 aromatic rings. The molecule has 0 bridgehead atoms. The number of amides is 1. The van der Waals surface area contributed by atoms with Crippen molar-refractivity contribution in [2.75, 3.05) is 12.4 Å². The van der Waals surface area contributed by atoms with Gasteiger partial charge in [0.15, 0.2) is 11.5 Å². The molecule has 0 aliphatic heterocycles. The number of sulfonamides is 1. The van der Waals surface area contributed by atoms with Crippen LogP contribution in [0.5, 0.6) is 11.5 Å². The van der Waals surface area contributed by atoms with E-state index >= 15 is 0 Å². The predicted molar refractivity (Wildman–Crippen MR) is 93.3 cm³/mol. The summed E-state index contributed by atoms with van der Waals surface area (Å²) in [6.07, 6.45) is 1.28. The monoisotopic (exact) mass is 363 g/mol. The van der Waals surface area contributed by atoms with Crippen molar-refractivity contribution in [1.29, 1.82) is 0 Å². The molecule has 8 nitrogen and oxygen atoms in total. The summed E-state index contributed by atoms with van der Waals surface area (Å²) in [5, 5.41) is 15.8. The van der Waals surface area contributed by atoms with Crippen LogP contribution in [-0.2, 0) is 14.8 Å². The van der Waals surface area contributed by atoms with Crippen molar-refractivity contribution in [3.05, 3.63) is 48.0 Å². The van der Waals surface area contributed by atoms with Crippen LogP contribution in [0.25, 0.3) is 0 Å². The van der Waals surface area contributed by atoms with Crippen molar-refractivity contribution in [2.24, 2.45) is 5.10 Å².